The number of hydrogen-bond acceptors (Lipinski definition) is 7. The van der Waals surface area contributed by atoms with E-state index in [4.69, 9.17) is 9.47 Å². The minimum Gasteiger partial charge on any atom is -0.497 e. The minimum absolute atomic E-state index is 0.145. The molecule has 3 aromatic rings. The van der Waals surface area contributed by atoms with E-state index >= 15 is 0 Å². The number of esters is 1. The van der Waals surface area contributed by atoms with Gasteiger partial charge in [-0.1, -0.05) is 0 Å². The number of fused-ring (bicyclic) bond motifs is 3. The number of carbonyl (C=O) groups excluding carboxylic acids is 2. The Morgan fingerprint density at radius 3 is 2.65 bits per heavy atom. The van der Waals surface area contributed by atoms with Crippen LogP contribution in [0.15, 0.2) is 29.1 Å². The Morgan fingerprint density at radius 2 is 1.94 bits per heavy atom. The standard InChI is InChI=1S/C22H23N3O5S/c1-3-30-22(28)19-24-20-18(15-6-4-5-7-16(15)31-20)21(27)25(19)12-17(26)23-13-8-10-14(29-2)11-9-13/h8-11H,3-7,12H2,1-2H3,(H,23,26). The Morgan fingerprint density at radius 1 is 1.19 bits per heavy atom. The fourth-order valence-electron chi connectivity index (χ4n) is 3.76. The van der Waals surface area contributed by atoms with Crippen LogP contribution in [0.3, 0.4) is 0 Å². The molecule has 0 spiro atoms. The molecule has 0 radical (unpaired) electrons. The van der Waals surface area contributed by atoms with Gasteiger partial charge in [0.25, 0.3) is 5.56 Å². The molecule has 2 aromatic heterocycles. The minimum atomic E-state index is -0.717. The normalized spacial score (nSPS) is 13.0. The first-order valence-electron chi connectivity index (χ1n) is 10.2. The average molecular weight is 442 g/mol. The molecule has 0 saturated carbocycles. The molecule has 9 heteroatoms. The monoisotopic (exact) mass is 441 g/mol. The molecule has 1 aliphatic rings. The number of anilines is 1. The van der Waals surface area contributed by atoms with Crippen LogP contribution >= 0.6 is 11.3 Å². The molecule has 1 N–H and O–H groups in total. The fourth-order valence-corrected chi connectivity index (χ4v) is 5.01. The molecule has 4 rings (SSSR count). The topological polar surface area (TPSA) is 99.5 Å². The average Bonchev–Trinajstić information content (AvgIpc) is 3.15. The molecule has 162 valence electrons. The summed E-state index contributed by atoms with van der Waals surface area (Å²) in [5.74, 6) is -0.647. The van der Waals surface area contributed by atoms with Gasteiger partial charge in [0.15, 0.2) is 0 Å². The summed E-state index contributed by atoms with van der Waals surface area (Å²) in [5, 5.41) is 3.26. The number of aryl methyl sites for hydroxylation is 2. The Kier molecular flexibility index (Phi) is 6.03. The molecule has 1 aromatic carbocycles. The van der Waals surface area contributed by atoms with E-state index in [-0.39, 0.29) is 24.5 Å². The van der Waals surface area contributed by atoms with Crippen molar-refractivity contribution in [1.82, 2.24) is 9.55 Å². The third kappa shape index (κ3) is 4.18. The molecule has 0 bridgehead atoms. The number of aromatic nitrogens is 2. The molecule has 0 atom stereocenters. The maximum Gasteiger partial charge on any atom is 0.374 e. The zero-order chi connectivity index (χ0) is 22.0. The molecule has 31 heavy (non-hydrogen) atoms. The van der Waals surface area contributed by atoms with Crippen LogP contribution < -0.4 is 15.6 Å². The predicted molar refractivity (Wildman–Crippen MR) is 118 cm³/mol. The van der Waals surface area contributed by atoms with Gasteiger partial charge in [-0.05, 0) is 62.4 Å². The van der Waals surface area contributed by atoms with E-state index in [1.165, 1.54) is 11.3 Å². The first-order chi connectivity index (χ1) is 15.0. The van der Waals surface area contributed by atoms with Crippen molar-refractivity contribution in [3.8, 4) is 5.75 Å². The smallest absolute Gasteiger partial charge is 0.374 e. The molecule has 2 heterocycles. The van der Waals surface area contributed by atoms with E-state index < -0.39 is 11.9 Å². The van der Waals surface area contributed by atoms with Gasteiger partial charge in [-0.15, -0.1) is 11.3 Å². The van der Waals surface area contributed by atoms with Crippen LogP contribution in [0.4, 0.5) is 5.69 Å². The maximum atomic E-state index is 13.4. The molecule has 0 saturated heterocycles. The Bertz CT molecular complexity index is 1200. The highest BCUT2D eigenvalue weighted by molar-refractivity contribution is 7.18. The molecule has 1 amide bonds. The first kappa shape index (κ1) is 21.0. The van der Waals surface area contributed by atoms with Gasteiger partial charge in [-0.25, -0.2) is 9.78 Å². The molecule has 8 nitrogen and oxygen atoms in total. The van der Waals surface area contributed by atoms with E-state index in [0.717, 1.165) is 40.7 Å². The zero-order valence-corrected chi connectivity index (χ0v) is 18.2. The van der Waals surface area contributed by atoms with Gasteiger partial charge in [0.1, 0.15) is 17.1 Å². The second-order valence-corrected chi connectivity index (χ2v) is 8.30. The van der Waals surface area contributed by atoms with Crippen LogP contribution in [-0.4, -0.2) is 35.1 Å². The number of nitrogens with one attached hydrogen (secondary N) is 1. The molecular formula is C22H23N3O5S. The lowest BCUT2D eigenvalue weighted by Gasteiger charge is -2.13. The summed E-state index contributed by atoms with van der Waals surface area (Å²) >= 11 is 1.45. The molecule has 0 unspecified atom stereocenters. The molecular weight excluding hydrogens is 418 g/mol. The SMILES string of the molecule is CCOC(=O)c1nc2sc3c(c2c(=O)n1CC(=O)Nc1ccc(OC)cc1)CCCC3. The summed E-state index contributed by atoms with van der Waals surface area (Å²) in [5.41, 5.74) is 1.18. The summed E-state index contributed by atoms with van der Waals surface area (Å²) in [6.45, 7) is 1.48. The number of thiophene rings is 1. The lowest BCUT2D eigenvalue weighted by Crippen LogP contribution is -2.33. The second kappa shape index (κ2) is 8.89. The van der Waals surface area contributed by atoms with Gasteiger partial charge in [-0.2, -0.15) is 0 Å². The zero-order valence-electron chi connectivity index (χ0n) is 17.4. The van der Waals surface area contributed by atoms with E-state index in [2.05, 4.69) is 10.3 Å². The van der Waals surface area contributed by atoms with Crippen LogP contribution in [0, 0.1) is 0 Å². The lowest BCUT2D eigenvalue weighted by atomic mass is 9.97. The number of methoxy groups -OCH3 is 1. The van der Waals surface area contributed by atoms with Crippen molar-refractivity contribution in [2.45, 2.75) is 39.2 Å². The number of hydrogen-bond donors (Lipinski definition) is 1. The summed E-state index contributed by atoms with van der Waals surface area (Å²) in [7, 11) is 1.56. The van der Waals surface area contributed by atoms with Crippen molar-refractivity contribution < 1.29 is 19.1 Å². The van der Waals surface area contributed by atoms with E-state index in [0.29, 0.717) is 21.7 Å². The Hall–Kier alpha value is -3.20. The fraction of sp³-hybridized carbons (Fsp3) is 0.364. The summed E-state index contributed by atoms with van der Waals surface area (Å²) < 4.78 is 11.3. The number of ether oxygens (including phenoxy) is 2. The van der Waals surface area contributed by atoms with Crippen LogP contribution in [0.2, 0.25) is 0 Å². The van der Waals surface area contributed by atoms with E-state index in [9.17, 15) is 14.4 Å². The number of amides is 1. The highest BCUT2D eigenvalue weighted by Gasteiger charge is 2.26. The third-order valence-corrected chi connectivity index (χ3v) is 6.39. The van der Waals surface area contributed by atoms with Crippen molar-refractivity contribution >= 4 is 39.1 Å². The van der Waals surface area contributed by atoms with Gasteiger partial charge >= 0.3 is 5.97 Å². The number of benzene rings is 1. The summed E-state index contributed by atoms with van der Waals surface area (Å²) in [6, 6.07) is 6.83. The van der Waals surface area contributed by atoms with E-state index in [1.54, 1.807) is 38.3 Å². The van der Waals surface area contributed by atoms with Crippen molar-refractivity contribution in [1.29, 1.82) is 0 Å². The van der Waals surface area contributed by atoms with Gasteiger partial charge in [0.2, 0.25) is 11.7 Å². The van der Waals surface area contributed by atoms with Crippen LogP contribution in [0.5, 0.6) is 5.75 Å². The lowest BCUT2D eigenvalue weighted by molar-refractivity contribution is -0.116. The maximum absolute atomic E-state index is 13.4. The van der Waals surface area contributed by atoms with Crippen molar-refractivity contribution in [2.24, 2.45) is 0 Å². The van der Waals surface area contributed by atoms with Crippen molar-refractivity contribution in [3.05, 3.63) is 50.9 Å². The number of carbonyl (C=O) groups is 2. The summed E-state index contributed by atoms with van der Waals surface area (Å²) in [4.78, 5) is 44.7. The largest absolute Gasteiger partial charge is 0.497 e. The highest BCUT2D eigenvalue weighted by Crippen LogP contribution is 2.33. The number of nitrogens with zero attached hydrogens (tertiary/aromatic N) is 2. The molecule has 0 fully saturated rings. The predicted octanol–water partition coefficient (Wildman–Crippen LogP) is 3.16. The quantitative estimate of drug-likeness (QED) is 0.590. The van der Waals surface area contributed by atoms with Gasteiger partial charge in [0, 0.05) is 10.6 Å². The van der Waals surface area contributed by atoms with Crippen LogP contribution in [-0.2, 0) is 28.9 Å². The van der Waals surface area contributed by atoms with Gasteiger partial charge in [0.05, 0.1) is 19.1 Å². The van der Waals surface area contributed by atoms with Crippen LogP contribution in [0.25, 0.3) is 10.2 Å². The highest BCUT2D eigenvalue weighted by atomic mass is 32.1. The van der Waals surface area contributed by atoms with Crippen molar-refractivity contribution in [2.75, 3.05) is 19.0 Å². The molecule has 1 aliphatic carbocycles. The first-order valence-corrected chi connectivity index (χ1v) is 11.0. The Balaban J connectivity index is 1.72. The van der Waals surface area contributed by atoms with Gasteiger partial charge < -0.3 is 14.8 Å². The summed E-state index contributed by atoms with van der Waals surface area (Å²) in [6.07, 6.45) is 3.80. The number of rotatable bonds is 6. The van der Waals surface area contributed by atoms with E-state index in [1.807, 2.05) is 0 Å². The van der Waals surface area contributed by atoms with Crippen LogP contribution in [0.1, 0.15) is 40.8 Å². The second-order valence-electron chi connectivity index (χ2n) is 7.21. The van der Waals surface area contributed by atoms with Crippen molar-refractivity contribution in [3.63, 3.8) is 0 Å². The molecule has 0 aliphatic heterocycles. The van der Waals surface area contributed by atoms with Gasteiger partial charge in [-0.3, -0.25) is 14.2 Å². The Labute approximate surface area is 182 Å². The third-order valence-electron chi connectivity index (χ3n) is 5.21.